The van der Waals surface area contributed by atoms with Crippen molar-refractivity contribution in [1.29, 1.82) is 5.26 Å². The Bertz CT molecular complexity index is 870. The van der Waals surface area contributed by atoms with E-state index < -0.39 is 18.2 Å². The molecule has 1 amide bonds. The Balaban J connectivity index is 1.79. The van der Waals surface area contributed by atoms with Crippen molar-refractivity contribution in [2.24, 2.45) is 0 Å². The van der Waals surface area contributed by atoms with Gasteiger partial charge in [0.1, 0.15) is 5.75 Å². The molecule has 2 aromatic carbocycles. The first-order valence-corrected chi connectivity index (χ1v) is 9.29. The van der Waals surface area contributed by atoms with Crippen molar-refractivity contribution in [3.63, 3.8) is 0 Å². The lowest BCUT2D eigenvalue weighted by molar-refractivity contribution is -0.164. The van der Waals surface area contributed by atoms with Crippen molar-refractivity contribution in [2.45, 2.75) is 32.0 Å². The molecule has 1 fully saturated rings. The minimum absolute atomic E-state index is 0.199. The highest BCUT2D eigenvalue weighted by molar-refractivity contribution is 5.85. The predicted molar refractivity (Wildman–Crippen MR) is 102 cm³/mol. The van der Waals surface area contributed by atoms with Crippen LogP contribution in [0.25, 0.3) is 0 Å². The Morgan fingerprint density at radius 3 is 2.46 bits per heavy atom. The fourth-order valence-corrected chi connectivity index (χ4v) is 3.14. The molecular formula is C22H22N2O4. The van der Waals surface area contributed by atoms with Crippen molar-refractivity contribution in [1.82, 2.24) is 4.90 Å². The number of ether oxygens (including phenoxy) is 2. The summed E-state index contributed by atoms with van der Waals surface area (Å²) in [5, 5.41) is 9.15. The van der Waals surface area contributed by atoms with E-state index in [0.717, 1.165) is 12.8 Å². The van der Waals surface area contributed by atoms with Crippen LogP contribution in [-0.2, 0) is 14.3 Å². The molecule has 0 unspecified atom stereocenters. The van der Waals surface area contributed by atoms with Gasteiger partial charge in [0.05, 0.1) is 11.6 Å². The first-order chi connectivity index (χ1) is 13.6. The van der Waals surface area contributed by atoms with Gasteiger partial charge in [-0.1, -0.05) is 30.3 Å². The molecule has 144 valence electrons. The zero-order valence-corrected chi connectivity index (χ0v) is 15.7. The monoisotopic (exact) mass is 378 g/mol. The van der Waals surface area contributed by atoms with Crippen molar-refractivity contribution < 1.29 is 19.1 Å². The molecule has 1 saturated heterocycles. The standard InChI is InChI=1S/C22H22N2O4/c1-16(21(25)24-12-5-6-13-24)27-22(26)20(28-19-10-3-2-4-11-19)18-9-7-8-17(14-18)15-23/h2-4,7-11,14,16,20H,5-6,12-13H2,1H3/t16-,20+/m0/s1. The summed E-state index contributed by atoms with van der Waals surface area (Å²) in [4.78, 5) is 27.0. The van der Waals surface area contributed by atoms with Crippen LogP contribution in [0.1, 0.15) is 37.0 Å². The second kappa shape index (κ2) is 9.05. The average molecular weight is 378 g/mol. The number of esters is 1. The first kappa shape index (κ1) is 19.4. The van der Waals surface area contributed by atoms with E-state index in [1.165, 1.54) is 0 Å². The van der Waals surface area contributed by atoms with Crippen LogP contribution in [0.3, 0.4) is 0 Å². The van der Waals surface area contributed by atoms with Gasteiger partial charge in [-0.3, -0.25) is 4.79 Å². The Hall–Kier alpha value is -3.33. The summed E-state index contributed by atoms with van der Waals surface area (Å²) in [6.07, 6.45) is -0.0450. The van der Waals surface area contributed by atoms with Crippen LogP contribution in [0.5, 0.6) is 5.75 Å². The molecule has 2 aromatic rings. The average Bonchev–Trinajstić information content (AvgIpc) is 3.27. The van der Waals surface area contributed by atoms with Crippen LogP contribution in [0.4, 0.5) is 0 Å². The van der Waals surface area contributed by atoms with E-state index in [1.807, 2.05) is 6.07 Å². The molecule has 6 nitrogen and oxygen atoms in total. The maximum Gasteiger partial charge on any atom is 0.352 e. The molecule has 0 bridgehead atoms. The molecular weight excluding hydrogens is 356 g/mol. The molecule has 0 saturated carbocycles. The highest BCUT2D eigenvalue weighted by Gasteiger charge is 2.31. The van der Waals surface area contributed by atoms with E-state index in [9.17, 15) is 9.59 Å². The van der Waals surface area contributed by atoms with Crippen LogP contribution in [-0.4, -0.2) is 36.0 Å². The molecule has 0 spiro atoms. The lowest BCUT2D eigenvalue weighted by atomic mass is 10.1. The molecule has 1 heterocycles. The second-order valence-electron chi connectivity index (χ2n) is 6.66. The van der Waals surface area contributed by atoms with Gasteiger partial charge in [0, 0.05) is 18.7 Å². The summed E-state index contributed by atoms with van der Waals surface area (Å²) in [5.41, 5.74) is 0.905. The van der Waals surface area contributed by atoms with Gasteiger partial charge in [-0.2, -0.15) is 5.26 Å². The molecule has 0 N–H and O–H groups in total. The number of nitriles is 1. The van der Waals surface area contributed by atoms with Crippen LogP contribution in [0.2, 0.25) is 0 Å². The molecule has 28 heavy (non-hydrogen) atoms. The lowest BCUT2D eigenvalue weighted by Gasteiger charge is -2.23. The summed E-state index contributed by atoms with van der Waals surface area (Å²) in [5.74, 6) is -0.376. The summed E-state index contributed by atoms with van der Waals surface area (Å²) < 4.78 is 11.3. The van der Waals surface area contributed by atoms with E-state index in [-0.39, 0.29) is 5.91 Å². The number of rotatable bonds is 6. The highest BCUT2D eigenvalue weighted by atomic mass is 16.6. The fourth-order valence-electron chi connectivity index (χ4n) is 3.14. The number of hydrogen-bond donors (Lipinski definition) is 0. The van der Waals surface area contributed by atoms with Crippen LogP contribution >= 0.6 is 0 Å². The normalized spacial score (nSPS) is 15.4. The van der Waals surface area contributed by atoms with Crippen LogP contribution in [0, 0.1) is 11.3 Å². The summed E-state index contributed by atoms with van der Waals surface area (Å²) in [6.45, 7) is 2.95. The number of likely N-dealkylation sites (tertiary alicyclic amines) is 1. The Morgan fingerprint density at radius 2 is 1.79 bits per heavy atom. The minimum Gasteiger partial charge on any atom is -0.474 e. The zero-order chi connectivity index (χ0) is 19.9. The summed E-state index contributed by atoms with van der Waals surface area (Å²) >= 11 is 0. The molecule has 0 aromatic heterocycles. The van der Waals surface area contributed by atoms with Crippen molar-refractivity contribution in [3.05, 3.63) is 65.7 Å². The highest BCUT2D eigenvalue weighted by Crippen LogP contribution is 2.25. The van der Waals surface area contributed by atoms with Gasteiger partial charge in [0.2, 0.25) is 6.10 Å². The molecule has 0 radical (unpaired) electrons. The predicted octanol–water partition coefficient (Wildman–Crippen LogP) is 3.23. The Kier molecular flexibility index (Phi) is 6.28. The topological polar surface area (TPSA) is 79.6 Å². The molecule has 6 heteroatoms. The van der Waals surface area contributed by atoms with Gasteiger partial charge in [0.15, 0.2) is 6.10 Å². The van der Waals surface area contributed by atoms with E-state index >= 15 is 0 Å². The third-order valence-corrected chi connectivity index (χ3v) is 4.59. The smallest absolute Gasteiger partial charge is 0.352 e. The third-order valence-electron chi connectivity index (χ3n) is 4.59. The fraction of sp³-hybridized carbons (Fsp3) is 0.318. The second-order valence-corrected chi connectivity index (χ2v) is 6.66. The molecule has 1 aliphatic heterocycles. The molecule has 2 atom stereocenters. The number of carbonyl (C=O) groups excluding carboxylic acids is 2. The summed E-state index contributed by atoms with van der Waals surface area (Å²) in [7, 11) is 0. The van der Waals surface area contributed by atoms with Gasteiger partial charge in [-0.25, -0.2) is 4.79 Å². The van der Waals surface area contributed by atoms with Crippen molar-refractivity contribution in [2.75, 3.05) is 13.1 Å². The first-order valence-electron chi connectivity index (χ1n) is 9.29. The van der Waals surface area contributed by atoms with Crippen molar-refractivity contribution in [3.8, 4) is 11.8 Å². The Morgan fingerprint density at radius 1 is 1.07 bits per heavy atom. The quantitative estimate of drug-likeness (QED) is 0.721. The van der Waals surface area contributed by atoms with Gasteiger partial charge in [-0.15, -0.1) is 0 Å². The maximum atomic E-state index is 12.9. The van der Waals surface area contributed by atoms with E-state index in [2.05, 4.69) is 6.07 Å². The minimum atomic E-state index is -1.08. The number of amides is 1. The van der Waals surface area contributed by atoms with Crippen LogP contribution < -0.4 is 4.74 Å². The van der Waals surface area contributed by atoms with E-state index in [0.29, 0.717) is 30.0 Å². The largest absolute Gasteiger partial charge is 0.474 e. The van der Waals surface area contributed by atoms with Gasteiger partial charge >= 0.3 is 5.97 Å². The summed E-state index contributed by atoms with van der Waals surface area (Å²) in [6, 6.07) is 17.6. The number of carbonyl (C=O) groups is 2. The van der Waals surface area contributed by atoms with E-state index in [4.69, 9.17) is 14.7 Å². The Labute approximate surface area is 164 Å². The van der Waals surface area contributed by atoms with Gasteiger partial charge in [0.25, 0.3) is 5.91 Å². The van der Waals surface area contributed by atoms with Gasteiger partial charge in [-0.05, 0) is 44.0 Å². The van der Waals surface area contributed by atoms with E-state index in [1.54, 1.807) is 60.4 Å². The van der Waals surface area contributed by atoms with Crippen LogP contribution in [0.15, 0.2) is 54.6 Å². The lowest BCUT2D eigenvalue weighted by Crippen LogP contribution is -2.39. The zero-order valence-electron chi connectivity index (χ0n) is 15.7. The maximum absolute atomic E-state index is 12.9. The molecule has 3 rings (SSSR count). The van der Waals surface area contributed by atoms with Crippen molar-refractivity contribution >= 4 is 11.9 Å². The SMILES string of the molecule is C[C@H](OC(=O)[C@H](Oc1ccccc1)c1cccc(C#N)c1)C(=O)N1CCCC1. The number of para-hydroxylation sites is 1. The number of nitrogens with zero attached hydrogens (tertiary/aromatic N) is 2. The van der Waals surface area contributed by atoms with Gasteiger partial charge < -0.3 is 14.4 Å². The molecule has 0 aliphatic carbocycles. The molecule has 1 aliphatic rings. The number of hydrogen-bond acceptors (Lipinski definition) is 5. The number of benzene rings is 2. The third kappa shape index (κ3) is 4.68.